The Morgan fingerprint density at radius 1 is 1.57 bits per heavy atom. The van der Waals surface area contributed by atoms with Gasteiger partial charge in [-0.1, -0.05) is 6.92 Å². The van der Waals surface area contributed by atoms with Crippen molar-refractivity contribution in [1.29, 1.82) is 0 Å². The molecule has 1 aliphatic rings. The summed E-state index contributed by atoms with van der Waals surface area (Å²) in [6.45, 7) is 2.20. The molecule has 5 N–H and O–H groups in total. The highest BCUT2D eigenvalue weighted by atomic mass is 15.0. The molecule has 78 valence electrons. The van der Waals surface area contributed by atoms with Crippen molar-refractivity contribution in [3.8, 4) is 0 Å². The third-order valence-corrected chi connectivity index (χ3v) is 2.73. The summed E-state index contributed by atoms with van der Waals surface area (Å²) in [7, 11) is 0. The summed E-state index contributed by atoms with van der Waals surface area (Å²) in [6.07, 6.45) is 10.0. The van der Waals surface area contributed by atoms with Gasteiger partial charge < -0.3 is 16.5 Å². The molecule has 2 atom stereocenters. The van der Waals surface area contributed by atoms with E-state index in [1.807, 2.05) is 17.1 Å². The molecular formula is C10H18N4. The van der Waals surface area contributed by atoms with Gasteiger partial charge in [0.05, 0.1) is 6.33 Å². The van der Waals surface area contributed by atoms with Crippen LogP contribution in [0.15, 0.2) is 24.8 Å². The topological polar surface area (TPSA) is 78.8 Å². The molecule has 4 nitrogen and oxygen atoms in total. The lowest BCUT2D eigenvalue weighted by Crippen LogP contribution is -2.29. The van der Waals surface area contributed by atoms with Gasteiger partial charge in [-0.25, -0.2) is 4.98 Å². The SMILES string of the molecule is CC1CCC(n2ccnc2)=CC1N.N. The second-order valence-electron chi connectivity index (χ2n) is 3.72. The first-order chi connectivity index (χ1) is 6.27. The van der Waals surface area contributed by atoms with E-state index < -0.39 is 0 Å². The molecule has 14 heavy (non-hydrogen) atoms. The molecule has 1 heterocycles. The van der Waals surface area contributed by atoms with E-state index in [4.69, 9.17) is 5.73 Å². The van der Waals surface area contributed by atoms with Crippen LogP contribution in [0.4, 0.5) is 0 Å². The smallest absolute Gasteiger partial charge is 0.0989 e. The normalized spacial score (nSPS) is 26.6. The summed E-state index contributed by atoms with van der Waals surface area (Å²) in [4.78, 5) is 4.02. The molecule has 1 aromatic heterocycles. The maximum Gasteiger partial charge on any atom is 0.0989 e. The van der Waals surface area contributed by atoms with Gasteiger partial charge in [0.1, 0.15) is 0 Å². The average Bonchev–Trinajstić information content (AvgIpc) is 2.62. The van der Waals surface area contributed by atoms with Gasteiger partial charge in [0.2, 0.25) is 0 Å². The Labute approximate surface area is 84.4 Å². The quantitative estimate of drug-likeness (QED) is 0.713. The fourth-order valence-corrected chi connectivity index (χ4v) is 1.68. The van der Waals surface area contributed by atoms with Crippen LogP contribution in [0.25, 0.3) is 5.70 Å². The minimum atomic E-state index is 0. The number of hydrogen-bond donors (Lipinski definition) is 2. The molecule has 0 fully saturated rings. The van der Waals surface area contributed by atoms with Crippen molar-refractivity contribution in [2.75, 3.05) is 0 Å². The molecule has 1 aromatic rings. The van der Waals surface area contributed by atoms with Crippen molar-refractivity contribution in [2.24, 2.45) is 11.7 Å². The Balaban J connectivity index is 0.000000980. The van der Waals surface area contributed by atoms with Gasteiger partial charge in [0.25, 0.3) is 0 Å². The zero-order valence-corrected chi connectivity index (χ0v) is 8.56. The van der Waals surface area contributed by atoms with Gasteiger partial charge in [-0.2, -0.15) is 0 Å². The maximum absolute atomic E-state index is 5.96. The van der Waals surface area contributed by atoms with E-state index in [0.717, 1.165) is 6.42 Å². The van der Waals surface area contributed by atoms with Gasteiger partial charge in [0, 0.05) is 24.1 Å². The Morgan fingerprint density at radius 2 is 2.36 bits per heavy atom. The lowest BCUT2D eigenvalue weighted by molar-refractivity contribution is 0.466. The third-order valence-electron chi connectivity index (χ3n) is 2.73. The van der Waals surface area contributed by atoms with E-state index >= 15 is 0 Å². The van der Waals surface area contributed by atoms with Crippen LogP contribution >= 0.6 is 0 Å². The maximum atomic E-state index is 5.96. The van der Waals surface area contributed by atoms with Gasteiger partial charge >= 0.3 is 0 Å². The predicted molar refractivity (Wildman–Crippen MR) is 57.9 cm³/mol. The molecular weight excluding hydrogens is 176 g/mol. The van der Waals surface area contributed by atoms with Crippen molar-refractivity contribution in [2.45, 2.75) is 25.8 Å². The summed E-state index contributed by atoms with van der Waals surface area (Å²) in [5.41, 5.74) is 7.25. The van der Waals surface area contributed by atoms with Crippen molar-refractivity contribution in [3.63, 3.8) is 0 Å². The Morgan fingerprint density at radius 3 is 2.93 bits per heavy atom. The van der Waals surface area contributed by atoms with E-state index in [1.165, 1.54) is 12.1 Å². The van der Waals surface area contributed by atoms with Gasteiger partial charge in [-0.05, 0) is 24.8 Å². The van der Waals surface area contributed by atoms with Crippen LogP contribution in [0.2, 0.25) is 0 Å². The second kappa shape index (κ2) is 4.39. The highest BCUT2D eigenvalue weighted by Gasteiger charge is 2.17. The zero-order chi connectivity index (χ0) is 9.26. The van der Waals surface area contributed by atoms with Crippen LogP contribution < -0.4 is 11.9 Å². The Hall–Kier alpha value is -1.13. The molecule has 0 amide bonds. The number of allylic oxidation sites excluding steroid dienone is 1. The fourth-order valence-electron chi connectivity index (χ4n) is 1.68. The third kappa shape index (κ3) is 2.02. The van der Waals surface area contributed by atoms with Crippen LogP contribution in [0, 0.1) is 5.92 Å². The summed E-state index contributed by atoms with van der Waals surface area (Å²) in [5.74, 6) is 0.604. The number of imidazole rings is 1. The van der Waals surface area contributed by atoms with Crippen molar-refractivity contribution >= 4 is 5.70 Å². The zero-order valence-electron chi connectivity index (χ0n) is 8.56. The summed E-state index contributed by atoms with van der Waals surface area (Å²) in [5, 5.41) is 0. The van der Waals surface area contributed by atoms with Crippen LogP contribution in [-0.4, -0.2) is 15.6 Å². The number of nitrogens with zero attached hydrogens (tertiary/aromatic N) is 2. The highest BCUT2D eigenvalue weighted by Crippen LogP contribution is 2.24. The number of aromatic nitrogens is 2. The lowest BCUT2D eigenvalue weighted by atomic mass is 9.90. The van der Waals surface area contributed by atoms with Gasteiger partial charge in [0.15, 0.2) is 0 Å². The molecule has 0 aliphatic heterocycles. The first-order valence-electron chi connectivity index (χ1n) is 4.72. The summed E-state index contributed by atoms with van der Waals surface area (Å²) >= 11 is 0. The average molecular weight is 194 g/mol. The molecule has 0 bridgehead atoms. The van der Waals surface area contributed by atoms with E-state index in [1.54, 1.807) is 6.20 Å². The van der Waals surface area contributed by atoms with Crippen LogP contribution in [0.3, 0.4) is 0 Å². The van der Waals surface area contributed by atoms with Gasteiger partial charge in [-0.15, -0.1) is 0 Å². The fraction of sp³-hybridized carbons (Fsp3) is 0.500. The standard InChI is InChI=1S/C10H15N3.H3N/c1-8-2-3-9(6-10(8)11)13-5-4-12-7-13;/h4-8,10H,2-3,11H2,1H3;1H3. The number of nitrogens with two attached hydrogens (primary N) is 1. The molecule has 0 spiro atoms. The highest BCUT2D eigenvalue weighted by molar-refractivity contribution is 5.47. The van der Waals surface area contributed by atoms with E-state index in [0.29, 0.717) is 5.92 Å². The first kappa shape index (κ1) is 10.9. The van der Waals surface area contributed by atoms with Crippen LogP contribution in [0.1, 0.15) is 19.8 Å². The molecule has 0 radical (unpaired) electrons. The van der Waals surface area contributed by atoms with Crippen molar-refractivity contribution in [3.05, 3.63) is 24.8 Å². The Kier molecular flexibility index (Phi) is 3.43. The van der Waals surface area contributed by atoms with E-state index in [9.17, 15) is 0 Å². The predicted octanol–water partition coefficient (Wildman–Crippen LogP) is 1.64. The first-order valence-corrected chi connectivity index (χ1v) is 4.72. The van der Waals surface area contributed by atoms with Crippen LogP contribution in [0.5, 0.6) is 0 Å². The van der Waals surface area contributed by atoms with Crippen LogP contribution in [-0.2, 0) is 0 Å². The molecule has 2 unspecified atom stereocenters. The monoisotopic (exact) mass is 194 g/mol. The minimum Gasteiger partial charge on any atom is -0.344 e. The Bertz CT molecular complexity index is 302. The van der Waals surface area contributed by atoms with E-state index in [2.05, 4.69) is 18.0 Å². The number of rotatable bonds is 1. The molecule has 4 heteroatoms. The molecule has 0 aromatic carbocycles. The largest absolute Gasteiger partial charge is 0.344 e. The van der Waals surface area contributed by atoms with E-state index in [-0.39, 0.29) is 12.2 Å². The summed E-state index contributed by atoms with van der Waals surface area (Å²) in [6, 6.07) is 0.200. The lowest BCUT2D eigenvalue weighted by Gasteiger charge is -2.24. The molecule has 0 saturated carbocycles. The summed E-state index contributed by atoms with van der Waals surface area (Å²) < 4.78 is 2.05. The molecule has 2 rings (SSSR count). The molecule has 0 saturated heterocycles. The number of hydrogen-bond acceptors (Lipinski definition) is 3. The van der Waals surface area contributed by atoms with Crippen molar-refractivity contribution < 1.29 is 0 Å². The minimum absolute atomic E-state index is 0. The van der Waals surface area contributed by atoms with Gasteiger partial charge in [-0.3, -0.25) is 0 Å². The molecule has 1 aliphatic carbocycles. The van der Waals surface area contributed by atoms with Crippen molar-refractivity contribution in [1.82, 2.24) is 15.7 Å². The second-order valence-corrected chi connectivity index (χ2v) is 3.72.